The molecular weight excluding hydrogens is 686 g/mol. The van der Waals surface area contributed by atoms with Crippen LogP contribution in [0.2, 0.25) is 5.02 Å². The van der Waals surface area contributed by atoms with Crippen LogP contribution in [0.3, 0.4) is 0 Å². The van der Waals surface area contributed by atoms with Crippen molar-refractivity contribution < 1.29 is 9.59 Å². The lowest BCUT2D eigenvalue weighted by Gasteiger charge is -2.13. The van der Waals surface area contributed by atoms with Gasteiger partial charge in [-0.2, -0.15) is 13.5 Å². The first-order valence-corrected chi connectivity index (χ1v) is 17.9. The number of unbranched alkanes of at least 4 members (excludes halogenated alkanes) is 2. The number of amides is 1. The van der Waals surface area contributed by atoms with Gasteiger partial charge in [-0.15, -0.1) is 21.5 Å². The van der Waals surface area contributed by atoms with E-state index >= 15 is 0 Å². The van der Waals surface area contributed by atoms with E-state index in [-0.39, 0.29) is 31.6 Å². The Bertz CT molecular complexity index is 2070. The van der Waals surface area contributed by atoms with Gasteiger partial charge in [-0.1, -0.05) is 41.9 Å². The number of rotatable bonds is 11. The van der Waals surface area contributed by atoms with E-state index in [0.29, 0.717) is 30.2 Å². The minimum atomic E-state index is -0.485. The fourth-order valence-corrected chi connectivity index (χ4v) is 7.89. The fraction of sp³-hybridized carbons (Fsp3) is 0.316. The Morgan fingerprint density at radius 1 is 0.920 bits per heavy atom. The smallest absolute Gasteiger partial charge is 0.222 e. The number of thiophene rings is 1. The Kier molecular flexibility index (Phi) is 10.9. The standard InChI is InChI=1S/C38H38ClN7O2S.H2S/c1-22-23(2)49-38-35(22)36(25-9-12-30(39)13-10-25)43-32(37-45-44-24(3)46(37)38)20-34(48)41-16-6-4-5-15-40-33-14-11-28(21-42-33)26-7-8-27-18-31(47)19-29(27)17-26;/h7-14,17,21,32H,4-6,15-16,18-20H2,1-3H3,(H,40,42)(H,41,48);1H2/t32-;/m0./s1. The molecule has 0 radical (unpaired) electrons. The van der Waals surface area contributed by atoms with Crippen LogP contribution in [0.25, 0.3) is 16.1 Å². The summed E-state index contributed by atoms with van der Waals surface area (Å²) in [5.41, 5.74) is 8.39. The van der Waals surface area contributed by atoms with Gasteiger partial charge in [0.1, 0.15) is 28.5 Å². The minimum Gasteiger partial charge on any atom is -0.370 e. The summed E-state index contributed by atoms with van der Waals surface area (Å²) >= 11 is 7.92. The summed E-state index contributed by atoms with van der Waals surface area (Å²) in [5, 5.41) is 17.1. The van der Waals surface area contributed by atoms with E-state index in [1.54, 1.807) is 11.3 Å². The van der Waals surface area contributed by atoms with Crippen molar-refractivity contribution in [1.29, 1.82) is 0 Å². The highest BCUT2D eigenvalue weighted by atomic mass is 35.5. The second-order valence-corrected chi connectivity index (χ2v) is 14.4. The van der Waals surface area contributed by atoms with Gasteiger partial charge in [0.25, 0.3) is 0 Å². The third-order valence-corrected chi connectivity index (χ3v) is 10.7. The molecular formula is C38H40ClN7O2S2. The molecule has 1 atom stereocenters. The van der Waals surface area contributed by atoms with E-state index in [9.17, 15) is 9.59 Å². The van der Waals surface area contributed by atoms with Crippen molar-refractivity contribution in [3.63, 3.8) is 0 Å². The molecule has 0 saturated carbocycles. The van der Waals surface area contributed by atoms with E-state index in [4.69, 9.17) is 16.6 Å². The van der Waals surface area contributed by atoms with Crippen LogP contribution in [0.5, 0.6) is 0 Å². The summed E-state index contributed by atoms with van der Waals surface area (Å²) in [6.07, 6.45) is 5.92. The molecule has 1 amide bonds. The zero-order valence-corrected chi connectivity index (χ0v) is 30.9. The van der Waals surface area contributed by atoms with Gasteiger partial charge in [-0.3, -0.25) is 19.1 Å². The van der Waals surface area contributed by atoms with Gasteiger partial charge in [0.2, 0.25) is 5.91 Å². The highest BCUT2D eigenvalue weighted by Gasteiger charge is 2.32. The zero-order valence-electron chi connectivity index (χ0n) is 28.3. The topological polar surface area (TPSA) is 114 Å². The maximum atomic E-state index is 13.2. The number of nitrogens with one attached hydrogen (secondary N) is 2. The number of fused-ring (bicyclic) bond motifs is 4. The van der Waals surface area contributed by atoms with Crippen LogP contribution in [-0.2, 0) is 22.4 Å². The molecule has 0 fully saturated rings. The number of anilines is 1. The number of aryl methyl sites for hydroxylation is 2. The Labute approximate surface area is 308 Å². The van der Waals surface area contributed by atoms with E-state index in [1.807, 2.05) is 43.5 Å². The molecule has 0 spiro atoms. The maximum absolute atomic E-state index is 13.2. The monoisotopic (exact) mass is 725 g/mol. The highest BCUT2D eigenvalue weighted by molar-refractivity contribution is 7.59. The van der Waals surface area contributed by atoms with Crippen molar-refractivity contribution in [2.75, 3.05) is 18.4 Å². The number of aromatic nitrogens is 4. The molecule has 4 heterocycles. The molecule has 0 unspecified atom stereocenters. The quantitative estimate of drug-likeness (QED) is 0.137. The molecule has 5 aromatic rings. The summed E-state index contributed by atoms with van der Waals surface area (Å²) in [6.45, 7) is 7.56. The normalized spacial score (nSPS) is 14.6. The second-order valence-electron chi connectivity index (χ2n) is 12.8. The molecule has 258 valence electrons. The molecule has 9 nitrogen and oxygen atoms in total. The number of nitrogens with zero attached hydrogens (tertiary/aromatic N) is 5. The lowest BCUT2D eigenvalue weighted by molar-refractivity contribution is -0.121. The number of hydrogen-bond acceptors (Lipinski definition) is 8. The number of pyridine rings is 1. The van der Waals surface area contributed by atoms with Crippen LogP contribution < -0.4 is 10.6 Å². The minimum absolute atomic E-state index is 0. The largest absolute Gasteiger partial charge is 0.370 e. The van der Waals surface area contributed by atoms with Crippen LogP contribution in [0.4, 0.5) is 5.82 Å². The molecule has 0 bridgehead atoms. The SMILES string of the molecule is Cc1sc2c(c1C)C(c1ccc(Cl)cc1)=N[C@@H](CC(=O)NCCCCCNc1ccc(-c3ccc4c(c3)CC(=O)C4)cn1)c1nnc(C)n1-2.S. The number of carbonyl (C=O) groups excluding carboxylic acids is 2. The van der Waals surface area contributed by atoms with Crippen LogP contribution in [0.1, 0.15) is 76.1 Å². The fourth-order valence-electron chi connectivity index (χ4n) is 6.55. The van der Waals surface area contributed by atoms with Crippen molar-refractivity contribution in [3.8, 4) is 16.1 Å². The van der Waals surface area contributed by atoms with Gasteiger partial charge >= 0.3 is 0 Å². The van der Waals surface area contributed by atoms with Crippen LogP contribution in [0, 0.1) is 20.8 Å². The zero-order chi connectivity index (χ0) is 34.1. The molecule has 3 aromatic heterocycles. The Balaban J connectivity index is 0.00000432. The van der Waals surface area contributed by atoms with Crippen LogP contribution >= 0.6 is 36.4 Å². The van der Waals surface area contributed by atoms with Crippen LogP contribution in [0.15, 0.2) is 65.8 Å². The summed E-state index contributed by atoms with van der Waals surface area (Å²) in [4.78, 5) is 36.0. The summed E-state index contributed by atoms with van der Waals surface area (Å²) in [6, 6.07) is 17.5. The van der Waals surface area contributed by atoms with Crippen molar-refractivity contribution in [3.05, 3.63) is 110 Å². The molecule has 2 aliphatic rings. The first-order valence-electron chi connectivity index (χ1n) is 16.7. The predicted octanol–water partition coefficient (Wildman–Crippen LogP) is 7.43. The number of benzene rings is 2. The number of hydrogen-bond donors (Lipinski definition) is 2. The lowest BCUT2D eigenvalue weighted by atomic mass is 9.99. The first-order chi connectivity index (χ1) is 23.7. The first kappa shape index (κ1) is 35.5. The average Bonchev–Trinajstić information content (AvgIpc) is 3.73. The molecule has 12 heteroatoms. The van der Waals surface area contributed by atoms with Crippen molar-refractivity contribution in [2.45, 2.75) is 65.3 Å². The molecule has 1 aliphatic carbocycles. The van der Waals surface area contributed by atoms with Crippen molar-refractivity contribution in [1.82, 2.24) is 25.1 Å². The predicted molar refractivity (Wildman–Crippen MR) is 206 cm³/mol. The van der Waals surface area contributed by atoms with E-state index < -0.39 is 6.04 Å². The van der Waals surface area contributed by atoms with Gasteiger partial charge in [0, 0.05) is 58.7 Å². The summed E-state index contributed by atoms with van der Waals surface area (Å²) < 4.78 is 2.07. The Hall–Kier alpha value is -4.32. The van der Waals surface area contributed by atoms with Gasteiger partial charge in [0.05, 0.1) is 12.1 Å². The molecule has 0 saturated heterocycles. The van der Waals surface area contributed by atoms with Gasteiger partial charge in [0.15, 0.2) is 5.82 Å². The molecule has 2 aromatic carbocycles. The third-order valence-electron chi connectivity index (χ3n) is 9.30. The molecule has 7 rings (SSSR count). The van der Waals surface area contributed by atoms with Gasteiger partial charge < -0.3 is 10.6 Å². The third kappa shape index (κ3) is 7.40. The molecule has 50 heavy (non-hydrogen) atoms. The van der Waals surface area contributed by atoms with E-state index in [0.717, 1.165) is 87.1 Å². The maximum Gasteiger partial charge on any atom is 0.222 e. The number of carbonyl (C=O) groups is 2. The number of Topliss-reactive ketones (excluding diaryl/α,β-unsaturated/α-hetero) is 1. The number of halogens is 1. The Morgan fingerprint density at radius 2 is 1.66 bits per heavy atom. The van der Waals surface area contributed by atoms with Crippen molar-refractivity contribution >= 4 is 59.7 Å². The van der Waals surface area contributed by atoms with Crippen LogP contribution in [-0.4, -0.2) is 50.2 Å². The number of ketones is 1. The highest BCUT2D eigenvalue weighted by Crippen LogP contribution is 2.39. The average molecular weight is 726 g/mol. The van der Waals surface area contributed by atoms with E-state index in [2.05, 4.69) is 68.5 Å². The summed E-state index contributed by atoms with van der Waals surface area (Å²) in [5.74, 6) is 2.50. The lowest BCUT2D eigenvalue weighted by Crippen LogP contribution is -2.26. The van der Waals surface area contributed by atoms with Gasteiger partial charge in [-0.05, 0) is 86.6 Å². The Morgan fingerprint density at radius 3 is 2.44 bits per heavy atom. The van der Waals surface area contributed by atoms with E-state index in [1.165, 1.54) is 4.88 Å². The van der Waals surface area contributed by atoms with Gasteiger partial charge in [-0.25, -0.2) is 4.98 Å². The molecule has 1 aliphatic heterocycles. The number of aliphatic imine (C=N–C) groups is 1. The summed E-state index contributed by atoms with van der Waals surface area (Å²) in [7, 11) is 0. The second kappa shape index (κ2) is 15.3. The molecule has 2 N–H and O–H groups in total. The van der Waals surface area contributed by atoms with Crippen molar-refractivity contribution in [2.24, 2.45) is 4.99 Å².